The van der Waals surface area contributed by atoms with Crippen LogP contribution in [0.5, 0.6) is 0 Å². The fourth-order valence-corrected chi connectivity index (χ4v) is 0. The maximum absolute atomic E-state index is 8.97. The molecule has 5 heteroatoms. The normalized spacial score (nSPS) is 9.17. The summed E-state index contributed by atoms with van der Waals surface area (Å²) >= 11 is 0. The van der Waals surface area contributed by atoms with E-state index in [0.29, 0.717) is 0 Å². The third kappa shape index (κ3) is 1.62. The van der Waals surface area contributed by atoms with Crippen LogP contribution in [0.15, 0.2) is 0 Å². The summed E-state index contributed by atoms with van der Waals surface area (Å²) in [5.41, 5.74) is 0. The second-order valence-electron chi connectivity index (χ2n) is 0.592. The third-order valence-corrected chi connectivity index (χ3v) is 0.172. The number of nitro groups is 1. The Bertz CT molecular complexity index is 58.6. The summed E-state index contributed by atoms with van der Waals surface area (Å²) in [5, 5.41) is 26.8. The molecule has 0 aromatic rings. The molecule has 5 nitrogen and oxygen atoms in total. The van der Waals surface area contributed by atoms with Crippen LogP contribution >= 0.6 is 0 Å². The zero-order chi connectivity index (χ0) is 5.15. The molecule has 6 heavy (non-hydrogen) atoms. The first-order chi connectivity index (χ1) is 2.64. The molecular formula is CHNO4. The van der Waals surface area contributed by atoms with Gasteiger partial charge in [0, 0.05) is 0 Å². The van der Waals surface area contributed by atoms with Gasteiger partial charge in [-0.2, -0.15) is 0 Å². The zero-order valence-corrected chi connectivity index (χ0v) is 2.66. The van der Waals surface area contributed by atoms with Gasteiger partial charge in [0.2, 0.25) is 0 Å². The first-order valence-electron chi connectivity index (χ1n) is 1.09. The van der Waals surface area contributed by atoms with Crippen LogP contribution < -0.4 is 0 Å². The van der Waals surface area contributed by atoms with Gasteiger partial charge in [-0.05, 0) is 0 Å². The Morgan fingerprint density at radius 3 is 1.67 bits per heavy atom. The molecule has 0 aliphatic carbocycles. The Hall–Kier alpha value is -0.680. The molecule has 0 fully saturated rings. The number of rotatable bonds is 1. The van der Waals surface area contributed by atoms with Crippen LogP contribution in [0, 0.1) is 10.1 Å². The lowest BCUT2D eigenvalue weighted by molar-refractivity contribution is -0.645. The van der Waals surface area contributed by atoms with E-state index in [4.69, 9.17) is 20.3 Å². The maximum Gasteiger partial charge on any atom is 0.483 e. The summed E-state index contributed by atoms with van der Waals surface area (Å²) in [6, 6.07) is 0. The van der Waals surface area contributed by atoms with Crippen molar-refractivity contribution in [2.45, 2.75) is 6.41 Å². The van der Waals surface area contributed by atoms with E-state index in [1.807, 2.05) is 0 Å². The summed E-state index contributed by atoms with van der Waals surface area (Å²) in [7, 11) is 0. The molecule has 0 bridgehead atoms. The number of nitrogens with zero attached hydrogens (tertiary/aromatic N) is 1. The largest absolute Gasteiger partial charge is 0.483 e. The fraction of sp³-hybridized carbons (Fsp3) is 1.00. The molecule has 0 aromatic carbocycles. The minimum Gasteiger partial charge on any atom is -0.260 e. The Morgan fingerprint density at radius 1 is 1.50 bits per heavy atom. The van der Waals surface area contributed by atoms with Crippen LogP contribution in [-0.2, 0) is 10.2 Å². The van der Waals surface area contributed by atoms with Gasteiger partial charge in [-0.15, -0.1) is 10.2 Å². The van der Waals surface area contributed by atoms with Crippen LogP contribution in [0.3, 0.4) is 0 Å². The van der Waals surface area contributed by atoms with Crippen molar-refractivity contribution in [3.8, 4) is 0 Å². The second-order valence-corrected chi connectivity index (χ2v) is 0.592. The van der Waals surface area contributed by atoms with Gasteiger partial charge in [0.25, 0.3) is 0 Å². The molecule has 0 heterocycles. The molecular weight excluding hydrogens is 90.0 g/mol. The highest BCUT2D eigenvalue weighted by Crippen LogP contribution is 1.73. The van der Waals surface area contributed by atoms with E-state index in [0.717, 1.165) is 0 Å². The Balaban J connectivity index is 3.26. The lowest BCUT2D eigenvalue weighted by atomic mass is 11.2. The Kier molecular flexibility index (Phi) is 1.49. The maximum atomic E-state index is 8.97. The average molecular weight is 91.0 g/mol. The van der Waals surface area contributed by atoms with Gasteiger partial charge in [0.1, 0.15) is 0 Å². The van der Waals surface area contributed by atoms with Crippen molar-refractivity contribution in [3.05, 3.63) is 10.1 Å². The quantitative estimate of drug-likeness (QED) is 0.245. The highest BCUT2D eigenvalue weighted by atomic mass is 16.7. The predicted octanol–water partition coefficient (Wildman–Crippen LogP) is -0.592. The molecule has 0 aliphatic rings. The van der Waals surface area contributed by atoms with Crippen LogP contribution in [0.25, 0.3) is 0 Å². The third-order valence-electron chi connectivity index (χ3n) is 0.172. The molecule has 0 unspecified atom stereocenters. The van der Waals surface area contributed by atoms with Gasteiger partial charge in [0.05, 0.1) is 4.92 Å². The van der Waals surface area contributed by atoms with Crippen molar-refractivity contribution in [3.63, 3.8) is 0 Å². The molecule has 0 saturated carbocycles. The van der Waals surface area contributed by atoms with Crippen molar-refractivity contribution in [2.75, 3.05) is 0 Å². The van der Waals surface area contributed by atoms with Crippen molar-refractivity contribution in [1.29, 1.82) is 0 Å². The zero-order valence-electron chi connectivity index (χ0n) is 2.66. The van der Waals surface area contributed by atoms with E-state index in [-0.39, 0.29) is 0 Å². The molecule has 2 radical (unpaired) electrons. The first kappa shape index (κ1) is 5.32. The fourth-order valence-electron chi connectivity index (χ4n) is 0. The van der Waals surface area contributed by atoms with Crippen LogP contribution in [-0.4, -0.2) is 11.3 Å². The van der Waals surface area contributed by atoms with E-state index in [1.165, 1.54) is 0 Å². The van der Waals surface area contributed by atoms with Crippen molar-refractivity contribution in [1.82, 2.24) is 0 Å². The Morgan fingerprint density at radius 2 is 1.67 bits per heavy atom. The van der Waals surface area contributed by atoms with E-state index in [9.17, 15) is 0 Å². The molecule has 0 atom stereocenters. The smallest absolute Gasteiger partial charge is 0.260 e. The highest BCUT2D eigenvalue weighted by Gasteiger charge is 2.11. The van der Waals surface area contributed by atoms with E-state index in [1.54, 1.807) is 0 Å². The average Bonchev–Trinajstić information content (AvgIpc) is 1.36. The lowest BCUT2D eigenvalue weighted by Gasteiger charge is -1.80. The molecule has 0 rings (SSSR count). The van der Waals surface area contributed by atoms with Crippen LogP contribution in [0.1, 0.15) is 0 Å². The minimum atomic E-state index is -2.93. The van der Waals surface area contributed by atoms with Gasteiger partial charge >= 0.3 is 6.41 Å². The van der Waals surface area contributed by atoms with Crippen molar-refractivity contribution >= 4 is 0 Å². The summed E-state index contributed by atoms with van der Waals surface area (Å²) in [6.45, 7) is 0. The topological polar surface area (TPSA) is 82.9 Å². The SMILES string of the molecule is [O]C([O])[N+](=O)[O-]. The van der Waals surface area contributed by atoms with Crippen LogP contribution in [0.2, 0.25) is 0 Å². The van der Waals surface area contributed by atoms with Crippen LogP contribution in [0.4, 0.5) is 0 Å². The summed E-state index contributed by atoms with van der Waals surface area (Å²) < 4.78 is 0. The van der Waals surface area contributed by atoms with Crippen molar-refractivity contribution in [2.24, 2.45) is 0 Å². The molecule has 0 amide bonds. The lowest BCUT2D eigenvalue weighted by Crippen LogP contribution is -2.12. The van der Waals surface area contributed by atoms with Gasteiger partial charge in [-0.1, -0.05) is 0 Å². The molecule has 0 spiro atoms. The van der Waals surface area contributed by atoms with Gasteiger partial charge in [-0.25, -0.2) is 0 Å². The number of hydrogen-bond acceptors (Lipinski definition) is 2. The molecule has 0 saturated heterocycles. The second kappa shape index (κ2) is 1.68. The summed E-state index contributed by atoms with van der Waals surface area (Å²) in [4.78, 5) is 7.44. The predicted molar refractivity (Wildman–Crippen MR) is 12.2 cm³/mol. The Labute approximate surface area is 33.0 Å². The monoisotopic (exact) mass is 91.0 g/mol. The molecule has 34 valence electrons. The van der Waals surface area contributed by atoms with Gasteiger partial charge in [-0.3, -0.25) is 10.1 Å². The first-order valence-corrected chi connectivity index (χ1v) is 1.09. The molecule has 0 aromatic heterocycles. The highest BCUT2D eigenvalue weighted by molar-refractivity contribution is 4.02. The molecule has 0 aliphatic heterocycles. The summed E-state index contributed by atoms with van der Waals surface area (Å²) in [6.07, 6.45) is -2.93. The van der Waals surface area contributed by atoms with E-state index >= 15 is 0 Å². The van der Waals surface area contributed by atoms with E-state index in [2.05, 4.69) is 0 Å². The van der Waals surface area contributed by atoms with Crippen molar-refractivity contribution < 1.29 is 15.1 Å². The molecule has 0 N–H and O–H groups in total. The van der Waals surface area contributed by atoms with E-state index < -0.39 is 11.3 Å². The summed E-state index contributed by atoms with van der Waals surface area (Å²) in [5.74, 6) is 0. The minimum absolute atomic E-state index is 1.44. The van der Waals surface area contributed by atoms with Gasteiger partial charge < -0.3 is 0 Å². The number of hydrogen-bond donors (Lipinski definition) is 0. The standard InChI is InChI=1S/CHNO4/c3-1(4)2(5)6/h1H. The van der Waals surface area contributed by atoms with Gasteiger partial charge in [0.15, 0.2) is 0 Å².